The van der Waals surface area contributed by atoms with E-state index in [1.165, 1.54) is 0 Å². The van der Waals surface area contributed by atoms with Crippen LogP contribution in [0, 0.1) is 10.1 Å². The highest BCUT2D eigenvalue weighted by atomic mass is 16.9. The third-order valence-electron chi connectivity index (χ3n) is 2.24. The fourth-order valence-corrected chi connectivity index (χ4v) is 1.19. The number of ether oxygens (including phenoxy) is 1. The van der Waals surface area contributed by atoms with Crippen molar-refractivity contribution in [3.05, 3.63) is 45.5 Å². The topological polar surface area (TPSA) is 125 Å². The second kappa shape index (κ2) is 7.29. The molecule has 19 heavy (non-hydrogen) atoms. The average molecular weight is 270 g/mol. The van der Waals surface area contributed by atoms with Gasteiger partial charge in [0.25, 0.3) is 5.09 Å². The third-order valence-corrected chi connectivity index (χ3v) is 2.24. The number of rotatable bonds is 7. The molecule has 0 saturated carbocycles. The second-order valence-electron chi connectivity index (χ2n) is 3.71. The molecule has 1 aromatic carbocycles. The molecule has 0 fully saturated rings. The first-order valence-corrected chi connectivity index (χ1v) is 5.41. The third kappa shape index (κ3) is 5.32. The lowest BCUT2D eigenvalue weighted by Gasteiger charge is -2.09. The summed E-state index contributed by atoms with van der Waals surface area (Å²) in [6.45, 7) is -0.596. The predicted octanol–water partition coefficient (Wildman–Crippen LogP) is -0.242. The van der Waals surface area contributed by atoms with Crippen LogP contribution in [-0.4, -0.2) is 28.8 Å². The van der Waals surface area contributed by atoms with Crippen molar-refractivity contribution >= 4 is 5.97 Å². The van der Waals surface area contributed by atoms with Gasteiger partial charge in [0.1, 0.15) is 19.3 Å². The lowest BCUT2D eigenvalue weighted by Crippen LogP contribution is -2.35. The van der Waals surface area contributed by atoms with E-state index < -0.39 is 23.7 Å². The number of benzene rings is 1. The summed E-state index contributed by atoms with van der Waals surface area (Å²) in [6, 6.07) is 5.50. The lowest BCUT2D eigenvalue weighted by molar-refractivity contribution is -0.763. The van der Waals surface area contributed by atoms with Gasteiger partial charge in [0.2, 0.25) is 0 Å². The Hall–Kier alpha value is -2.19. The fraction of sp³-hybridized carbons (Fsp3) is 0.364. The second-order valence-corrected chi connectivity index (χ2v) is 3.71. The summed E-state index contributed by atoms with van der Waals surface area (Å²) in [4.78, 5) is 25.4. The van der Waals surface area contributed by atoms with E-state index in [1.807, 2.05) is 0 Å². The van der Waals surface area contributed by atoms with E-state index in [4.69, 9.17) is 15.6 Å². The molecule has 0 bridgehead atoms. The average Bonchev–Trinajstić information content (AvgIpc) is 2.42. The van der Waals surface area contributed by atoms with Crippen molar-refractivity contribution < 1.29 is 24.6 Å². The van der Waals surface area contributed by atoms with E-state index >= 15 is 0 Å². The van der Waals surface area contributed by atoms with E-state index in [0.29, 0.717) is 11.1 Å². The zero-order chi connectivity index (χ0) is 14.3. The van der Waals surface area contributed by atoms with E-state index in [-0.39, 0.29) is 13.2 Å². The number of nitrogens with two attached hydrogens (primary N) is 1. The van der Waals surface area contributed by atoms with Gasteiger partial charge in [0.15, 0.2) is 0 Å². The Morgan fingerprint density at radius 3 is 2.32 bits per heavy atom. The summed E-state index contributed by atoms with van der Waals surface area (Å²) in [7, 11) is 0. The van der Waals surface area contributed by atoms with E-state index in [9.17, 15) is 14.9 Å². The van der Waals surface area contributed by atoms with Crippen molar-refractivity contribution in [3.63, 3.8) is 0 Å². The Bertz CT molecular complexity index is 433. The van der Waals surface area contributed by atoms with Crippen molar-refractivity contribution in [1.82, 2.24) is 0 Å². The molecule has 0 radical (unpaired) electrons. The molecule has 1 aromatic rings. The maximum atomic E-state index is 11.2. The first kappa shape index (κ1) is 14.9. The van der Waals surface area contributed by atoms with Crippen molar-refractivity contribution in [1.29, 1.82) is 0 Å². The quantitative estimate of drug-likeness (QED) is 0.398. The Morgan fingerprint density at radius 2 is 1.84 bits per heavy atom. The molecule has 0 saturated heterocycles. The van der Waals surface area contributed by atoms with Crippen LogP contribution in [0.15, 0.2) is 24.3 Å². The molecule has 8 nitrogen and oxygen atoms in total. The van der Waals surface area contributed by atoms with Crippen LogP contribution in [0.3, 0.4) is 0 Å². The van der Waals surface area contributed by atoms with Gasteiger partial charge in [0.05, 0.1) is 6.61 Å². The van der Waals surface area contributed by atoms with Crippen molar-refractivity contribution in [2.24, 2.45) is 5.73 Å². The first-order chi connectivity index (χ1) is 9.02. The standard InChI is InChI=1S/C11H14N2O6/c12-10(5-14)11(15)18-6-8-1-3-9(4-2-8)7-19-13(16)17/h1-4,10,14H,5-7,12H2. The molecule has 3 N–H and O–H groups in total. The molecular weight excluding hydrogens is 256 g/mol. The number of nitrogens with zero attached hydrogens (tertiary/aromatic N) is 1. The van der Waals surface area contributed by atoms with Crippen LogP contribution in [0.4, 0.5) is 0 Å². The van der Waals surface area contributed by atoms with Gasteiger partial charge < -0.3 is 20.4 Å². The van der Waals surface area contributed by atoms with Gasteiger partial charge in [-0.05, 0) is 11.1 Å². The number of aliphatic hydroxyl groups excluding tert-OH is 1. The van der Waals surface area contributed by atoms with Crippen LogP contribution in [0.25, 0.3) is 0 Å². The Kier molecular flexibility index (Phi) is 5.71. The largest absolute Gasteiger partial charge is 0.460 e. The van der Waals surface area contributed by atoms with Crippen molar-refractivity contribution in [2.45, 2.75) is 19.3 Å². The van der Waals surface area contributed by atoms with E-state index in [0.717, 1.165) is 0 Å². The van der Waals surface area contributed by atoms with Crippen molar-refractivity contribution in [2.75, 3.05) is 6.61 Å². The van der Waals surface area contributed by atoms with Crippen molar-refractivity contribution in [3.8, 4) is 0 Å². The maximum absolute atomic E-state index is 11.2. The highest BCUT2D eigenvalue weighted by molar-refractivity contribution is 5.75. The van der Waals surface area contributed by atoms with Crippen LogP contribution in [0.5, 0.6) is 0 Å². The summed E-state index contributed by atoms with van der Waals surface area (Å²) in [5, 5.41) is 17.8. The number of esters is 1. The molecule has 0 aliphatic carbocycles. The molecule has 104 valence electrons. The highest BCUT2D eigenvalue weighted by Gasteiger charge is 2.13. The molecule has 0 spiro atoms. The van der Waals surface area contributed by atoms with Crippen LogP contribution >= 0.6 is 0 Å². The summed E-state index contributed by atoms with van der Waals surface area (Å²) < 4.78 is 4.86. The number of carbonyl (C=O) groups excluding carboxylic acids is 1. The van der Waals surface area contributed by atoms with Crippen LogP contribution < -0.4 is 5.73 Å². The SMILES string of the molecule is NC(CO)C(=O)OCc1ccc(CO[N+](=O)[O-])cc1. The maximum Gasteiger partial charge on any atom is 0.325 e. The molecule has 1 unspecified atom stereocenters. The van der Waals surface area contributed by atoms with Gasteiger partial charge in [-0.3, -0.25) is 4.79 Å². The van der Waals surface area contributed by atoms with E-state index in [1.54, 1.807) is 24.3 Å². The van der Waals surface area contributed by atoms with Gasteiger partial charge in [-0.1, -0.05) is 24.3 Å². The van der Waals surface area contributed by atoms with Gasteiger partial charge in [-0.25, -0.2) is 0 Å². The van der Waals surface area contributed by atoms with Gasteiger partial charge in [0, 0.05) is 0 Å². The Balaban J connectivity index is 2.44. The van der Waals surface area contributed by atoms with Crippen LogP contribution in [-0.2, 0) is 27.6 Å². The highest BCUT2D eigenvalue weighted by Crippen LogP contribution is 2.07. The predicted molar refractivity (Wildman–Crippen MR) is 63.1 cm³/mol. The minimum atomic E-state index is -1.05. The smallest absolute Gasteiger partial charge is 0.325 e. The van der Waals surface area contributed by atoms with Crippen LogP contribution in [0.1, 0.15) is 11.1 Å². The molecule has 8 heteroatoms. The molecule has 0 heterocycles. The monoisotopic (exact) mass is 270 g/mol. The Labute approximate surface area is 108 Å². The molecule has 1 rings (SSSR count). The van der Waals surface area contributed by atoms with Gasteiger partial charge in [-0.15, -0.1) is 10.1 Å². The first-order valence-electron chi connectivity index (χ1n) is 5.41. The number of aliphatic hydroxyl groups is 1. The van der Waals surface area contributed by atoms with Crippen LogP contribution in [0.2, 0.25) is 0 Å². The minimum Gasteiger partial charge on any atom is -0.460 e. The van der Waals surface area contributed by atoms with E-state index in [2.05, 4.69) is 4.84 Å². The minimum absolute atomic E-state index is 0.0168. The molecule has 0 aromatic heterocycles. The summed E-state index contributed by atoms with van der Waals surface area (Å²) >= 11 is 0. The molecule has 0 aliphatic rings. The number of hydrogen-bond donors (Lipinski definition) is 2. The molecule has 0 aliphatic heterocycles. The van der Waals surface area contributed by atoms with Gasteiger partial charge in [-0.2, -0.15) is 0 Å². The molecule has 0 amide bonds. The fourth-order valence-electron chi connectivity index (χ4n) is 1.19. The number of hydrogen-bond acceptors (Lipinski definition) is 7. The summed E-state index contributed by atoms with van der Waals surface area (Å²) in [6.07, 6.45) is 0. The molecular formula is C11H14N2O6. The lowest BCUT2D eigenvalue weighted by atomic mass is 10.1. The zero-order valence-electron chi connectivity index (χ0n) is 10.0. The molecule has 1 atom stereocenters. The number of carbonyl (C=O) groups is 1. The Morgan fingerprint density at radius 1 is 1.32 bits per heavy atom. The normalized spacial score (nSPS) is 11.7. The zero-order valence-corrected chi connectivity index (χ0v) is 10.0. The summed E-state index contributed by atoms with van der Waals surface area (Å²) in [5.74, 6) is -0.691. The van der Waals surface area contributed by atoms with Gasteiger partial charge >= 0.3 is 5.97 Å². The summed E-state index contributed by atoms with van der Waals surface area (Å²) in [5.41, 5.74) is 6.59.